The number of nitrogens with zero attached hydrogens (tertiary/aromatic N) is 5. The highest BCUT2D eigenvalue weighted by atomic mass is 16.2. The van der Waals surface area contributed by atoms with Crippen LogP contribution in [0.25, 0.3) is 0 Å². The first-order valence-corrected chi connectivity index (χ1v) is 9.59. The smallest absolute Gasteiger partial charge is 0.274 e. The summed E-state index contributed by atoms with van der Waals surface area (Å²) in [5.41, 5.74) is 1.65. The van der Waals surface area contributed by atoms with E-state index in [1.54, 1.807) is 0 Å². The lowest BCUT2D eigenvalue weighted by Crippen LogP contribution is -2.32. The number of nitrogens with one attached hydrogen (secondary N) is 1. The van der Waals surface area contributed by atoms with Gasteiger partial charge in [-0.1, -0.05) is 6.42 Å². The van der Waals surface area contributed by atoms with Crippen molar-refractivity contribution < 1.29 is 4.79 Å². The third-order valence-corrected chi connectivity index (χ3v) is 5.78. The van der Waals surface area contributed by atoms with Crippen molar-refractivity contribution in [2.75, 3.05) is 6.54 Å². The predicted octanol–water partition coefficient (Wildman–Crippen LogP) is 2.58. The third-order valence-electron chi connectivity index (χ3n) is 5.78. The molecule has 2 fully saturated rings. The van der Waals surface area contributed by atoms with E-state index in [1.165, 1.54) is 32.1 Å². The first-order chi connectivity index (χ1) is 12.3. The second-order valence-electron chi connectivity index (χ2n) is 7.58. The summed E-state index contributed by atoms with van der Waals surface area (Å²) in [7, 11) is 0. The molecule has 0 aromatic carbocycles. The van der Waals surface area contributed by atoms with Gasteiger partial charge >= 0.3 is 0 Å². The molecule has 3 aliphatic rings. The van der Waals surface area contributed by atoms with Gasteiger partial charge in [0.15, 0.2) is 5.82 Å². The molecule has 0 radical (unpaired) electrons. The van der Waals surface area contributed by atoms with Crippen molar-refractivity contribution in [3.05, 3.63) is 29.1 Å². The maximum atomic E-state index is 13.0. The molecule has 0 bridgehead atoms. The monoisotopic (exact) mass is 340 g/mol. The van der Waals surface area contributed by atoms with Gasteiger partial charge in [0, 0.05) is 31.1 Å². The Morgan fingerprint density at radius 1 is 1.08 bits per heavy atom. The van der Waals surface area contributed by atoms with E-state index in [2.05, 4.69) is 25.0 Å². The molecule has 2 aliphatic heterocycles. The number of hydrogen-bond donors (Lipinski definition) is 1. The molecule has 1 saturated heterocycles. The SMILES string of the molecule is O=C(c1cc(C2CC2)[nH]n1)N1CCC[C@@H]1c1nnc2n1CCCCC2. The number of likely N-dealkylation sites (tertiary alicyclic amines) is 1. The summed E-state index contributed by atoms with van der Waals surface area (Å²) < 4.78 is 2.27. The van der Waals surface area contributed by atoms with Crippen LogP contribution in [0.15, 0.2) is 6.07 Å². The van der Waals surface area contributed by atoms with Gasteiger partial charge in [0.25, 0.3) is 5.91 Å². The Bertz CT molecular complexity index is 789. The number of H-pyrrole nitrogens is 1. The van der Waals surface area contributed by atoms with Crippen LogP contribution in [-0.2, 0) is 13.0 Å². The van der Waals surface area contributed by atoms with Crippen molar-refractivity contribution >= 4 is 5.91 Å². The number of hydrogen-bond acceptors (Lipinski definition) is 4. The maximum absolute atomic E-state index is 13.0. The number of aryl methyl sites for hydroxylation is 1. The second-order valence-corrected chi connectivity index (χ2v) is 7.58. The molecule has 1 amide bonds. The molecule has 7 nitrogen and oxygen atoms in total. The quantitative estimate of drug-likeness (QED) is 0.931. The first kappa shape index (κ1) is 15.1. The molecule has 25 heavy (non-hydrogen) atoms. The number of aromatic nitrogens is 5. The Morgan fingerprint density at radius 2 is 2.00 bits per heavy atom. The van der Waals surface area contributed by atoms with Gasteiger partial charge in [0.05, 0.1) is 6.04 Å². The van der Waals surface area contributed by atoms with Crippen molar-refractivity contribution in [2.24, 2.45) is 0 Å². The molecule has 2 aromatic rings. The van der Waals surface area contributed by atoms with Gasteiger partial charge in [0.2, 0.25) is 0 Å². The Morgan fingerprint density at radius 3 is 2.88 bits per heavy atom. The molecule has 1 atom stereocenters. The first-order valence-electron chi connectivity index (χ1n) is 9.59. The Labute approximate surface area is 146 Å². The van der Waals surface area contributed by atoms with E-state index in [0.717, 1.165) is 49.7 Å². The molecular weight excluding hydrogens is 316 g/mol. The van der Waals surface area contributed by atoms with Crippen LogP contribution in [-0.4, -0.2) is 42.3 Å². The molecule has 2 aromatic heterocycles. The summed E-state index contributed by atoms with van der Waals surface area (Å²) in [6.45, 7) is 1.75. The number of rotatable bonds is 3. The highest BCUT2D eigenvalue weighted by molar-refractivity contribution is 5.92. The van der Waals surface area contributed by atoms with Gasteiger partial charge in [-0.25, -0.2) is 0 Å². The lowest BCUT2D eigenvalue weighted by Gasteiger charge is -2.23. The summed E-state index contributed by atoms with van der Waals surface area (Å²) in [4.78, 5) is 15.0. The van der Waals surface area contributed by atoms with Crippen LogP contribution >= 0.6 is 0 Å². The minimum absolute atomic E-state index is 0.0246. The molecule has 1 N–H and O–H groups in total. The predicted molar refractivity (Wildman–Crippen MR) is 91.2 cm³/mol. The van der Waals surface area contributed by atoms with E-state index in [9.17, 15) is 4.79 Å². The molecule has 0 unspecified atom stereocenters. The molecule has 1 aliphatic carbocycles. The van der Waals surface area contributed by atoms with E-state index in [4.69, 9.17) is 0 Å². The van der Waals surface area contributed by atoms with Gasteiger partial charge in [-0.2, -0.15) is 5.10 Å². The molecule has 4 heterocycles. The van der Waals surface area contributed by atoms with Crippen molar-refractivity contribution in [3.63, 3.8) is 0 Å². The van der Waals surface area contributed by atoms with Crippen molar-refractivity contribution in [2.45, 2.75) is 69.9 Å². The molecule has 7 heteroatoms. The fourth-order valence-electron chi connectivity index (χ4n) is 4.23. The van der Waals surface area contributed by atoms with Crippen LogP contribution in [0, 0.1) is 0 Å². The van der Waals surface area contributed by atoms with Crippen LogP contribution < -0.4 is 0 Å². The van der Waals surface area contributed by atoms with Gasteiger partial charge in [-0.15, -0.1) is 10.2 Å². The number of carbonyl (C=O) groups is 1. The minimum atomic E-state index is 0.0246. The Hall–Kier alpha value is -2.18. The van der Waals surface area contributed by atoms with E-state index >= 15 is 0 Å². The molecule has 0 spiro atoms. The van der Waals surface area contributed by atoms with Gasteiger partial charge in [-0.05, 0) is 44.6 Å². The van der Waals surface area contributed by atoms with Crippen LogP contribution in [0.5, 0.6) is 0 Å². The van der Waals surface area contributed by atoms with Crippen LogP contribution in [0.2, 0.25) is 0 Å². The number of fused-ring (bicyclic) bond motifs is 1. The van der Waals surface area contributed by atoms with Gasteiger partial charge in [0.1, 0.15) is 11.5 Å². The molecular formula is C18H24N6O. The summed E-state index contributed by atoms with van der Waals surface area (Å²) in [5.74, 6) is 2.66. The molecule has 5 rings (SSSR count). The number of amides is 1. The Balaban J connectivity index is 1.41. The van der Waals surface area contributed by atoms with Crippen molar-refractivity contribution in [1.29, 1.82) is 0 Å². The largest absolute Gasteiger partial charge is 0.327 e. The van der Waals surface area contributed by atoms with E-state index in [-0.39, 0.29) is 11.9 Å². The second kappa shape index (κ2) is 5.97. The fraction of sp³-hybridized carbons (Fsp3) is 0.667. The Kier molecular flexibility index (Phi) is 3.60. The maximum Gasteiger partial charge on any atom is 0.274 e. The number of carbonyl (C=O) groups excluding carboxylic acids is 1. The van der Waals surface area contributed by atoms with Crippen LogP contribution in [0.4, 0.5) is 0 Å². The van der Waals surface area contributed by atoms with E-state index < -0.39 is 0 Å². The van der Waals surface area contributed by atoms with Gasteiger partial charge in [-0.3, -0.25) is 9.89 Å². The minimum Gasteiger partial charge on any atom is -0.327 e. The zero-order valence-corrected chi connectivity index (χ0v) is 14.4. The normalized spacial score (nSPS) is 23.5. The summed E-state index contributed by atoms with van der Waals surface area (Å²) in [6.07, 6.45) is 8.97. The average Bonchev–Trinajstić information content (AvgIpc) is 3.06. The third kappa shape index (κ3) is 2.65. The topological polar surface area (TPSA) is 79.7 Å². The zero-order valence-electron chi connectivity index (χ0n) is 14.4. The summed E-state index contributed by atoms with van der Waals surface area (Å²) in [5, 5.41) is 16.2. The lowest BCUT2D eigenvalue weighted by molar-refractivity contribution is 0.0721. The summed E-state index contributed by atoms with van der Waals surface area (Å²) >= 11 is 0. The van der Waals surface area contributed by atoms with Crippen molar-refractivity contribution in [3.8, 4) is 0 Å². The standard InChI is InChI=1S/C18H24N6O/c25-18(14-11-13(19-20-14)12-7-8-12)23-10-4-5-15(23)17-22-21-16-6-2-1-3-9-24(16)17/h11-12,15H,1-10H2,(H,19,20)/t15-/m1/s1. The fourth-order valence-corrected chi connectivity index (χ4v) is 4.23. The van der Waals surface area contributed by atoms with Crippen LogP contribution in [0.3, 0.4) is 0 Å². The molecule has 1 saturated carbocycles. The van der Waals surface area contributed by atoms with E-state index in [0.29, 0.717) is 11.6 Å². The highest BCUT2D eigenvalue weighted by Gasteiger charge is 2.36. The summed E-state index contributed by atoms with van der Waals surface area (Å²) in [6, 6.07) is 1.98. The average molecular weight is 340 g/mol. The van der Waals surface area contributed by atoms with Gasteiger partial charge < -0.3 is 9.47 Å². The van der Waals surface area contributed by atoms with E-state index in [1.807, 2.05) is 11.0 Å². The van der Waals surface area contributed by atoms with Crippen LogP contribution in [0.1, 0.15) is 84.7 Å². The van der Waals surface area contributed by atoms with Crippen molar-refractivity contribution in [1.82, 2.24) is 29.9 Å². The molecule has 132 valence electrons. The highest BCUT2D eigenvalue weighted by Crippen LogP contribution is 2.39. The lowest BCUT2D eigenvalue weighted by atomic mass is 10.2. The number of aromatic amines is 1. The zero-order chi connectivity index (χ0) is 16.8.